The predicted molar refractivity (Wildman–Crippen MR) is 82.5 cm³/mol. The van der Waals surface area contributed by atoms with Crippen molar-refractivity contribution < 1.29 is 18.8 Å². The van der Waals surface area contributed by atoms with E-state index in [0.29, 0.717) is 23.5 Å². The molecule has 24 heavy (non-hydrogen) atoms. The predicted octanol–water partition coefficient (Wildman–Crippen LogP) is 1.02. The van der Waals surface area contributed by atoms with Gasteiger partial charge in [0.05, 0.1) is 26.1 Å². The highest BCUT2D eigenvalue weighted by atomic mass is 16.5. The number of ether oxygens (including phenoxy) is 2. The summed E-state index contributed by atoms with van der Waals surface area (Å²) in [6.07, 6.45) is 1.55. The highest BCUT2D eigenvalue weighted by molar-refractivity contribution is 5.87. The van der Waals surface area contributed by atoms with Crippen LogP contribution in [0.2, 0.25) is 0 Å². The lowest BCUT2D eigenvalue weighted by atomic mass is 10.3. The van der Waals surface area contributed by atoms with Gasteiger partial charge in [0.1, 0.15) is 0 Å². The number of rotatable bonds is 6. The minimum absolute atomic E-state index is 0.111. The molecule has 3 rings (SSSR count). The van der Waals surface area contributed by atoms with Gasteiger partial charge in [-0.3, -0.25) is 0 Å². The first-order chi connectivity index (χ1) is 11.6. The van der Waals surface area contributed by atoms with Crippen LogP contribution in [0.5, 0.6) is 6.01 Å². The first-order valence-corrected chi connectivity index (χ1v) is 7.36. The van der Waals surface area contributed by atoms with Crippen LogP contribution in [0.4, 0.5) is 5.82 Å². The molecule has 0 amide bonds. The van der Waals surface area contributed by atoms with Crippen LogP contribution in [0.25, 0.3) is 11.2 Å². The van der Waals surface area contributed by atoms with Crippen molar-refractivity contribution in [3.8, 4) is 6.01 Å². The summed E-state index contributed by atoms with van der Waals surface area (Å²) in [7, 11) is 0. The van der Waals surface area contributed by atoms with E-state index in [1.165, 1.54) is 6.07 Å². The Morgan fingerprint density at radius 3 is 2.92 bits per heavy atom. The van der Waals surface area contributed by atoms with Gasteiger partial charge in [0.2, 0.25) is 0 Å². The van der Waals surface area contributed by atoms with Gasteiger partial charge in [-0.2, -0.15) is 9.97 Å². The molecule has 0 aliphatic heterocycles. The first kappa shape index (κ1) is 15.7. The molecule has 0 saturated heterocycles. The number of hydrogen-bond donors (Lipinski definition) is 1. The van der Waals surface area contributed by atoms with E-state index in [0.717, 1.165) is 0 Å². The van der Waals surface area contributed by atoms with Crippen LogP contribution in [0.3, 0.4) is 0 Å². The van der Waals surface area contributed by atoms with Gasteiger partial charge < -0.3 is 24.3 Å². The molecule has 2 N–H and O–H groups in total. The molecule has 0 aliphatic rings. The molecule has 0 aromatic carbocycles. The molecule has 0 spiro atoms. The van der Waals surface area contributed by atoms with E-state index in [2.05, 4.69) is 20.1 Å². The van der Waals surface area contributed by atoms with Gasteiger partial charge >= 0.3 is 12.0 Å². The molecule has 0 fully saturated rings. The van der Waals surface area contributed by atoms with E-state index in [1.807, 2.05) is 6.92 Å². The molecule has 3 aromatic rings. The van der Waals surface area contributed by atoms with E-state index in [9.17, 15) is 4.79 Å². The van der Waals surface area contributed by atoms with Crippen molar-refractivity contribution in [2.45, 2.75) is 20.4 Å². The minimum Gasteiger partial charge on any atom is -0.464 e. The molecular formula is C14H16N6O4. The second-order valence-electron chi connectivity index (χ2n) is 4.77. The average molecular weight is 332 g/mol. The summed E-state index contributed by atoms with van der Waals surface area (Å²) >= 11 is 0. The van der Waals surface area contributed by atoms with Crippen molar-refractivity contribution in [3.63, 3.8) is 0 Å². The van der Waals surface area contributed by atoms with Gasteiger partial charge in [-0.25, -0.2) is 9.78 Å². The lowest BCUT2D eigenvalue weighted by molar-refractivity contribution is 0.0514. The Morgan fingerprint density at radius 2 is 2.17 bits per heavy atom. The summed E-state index contributed by atoms with van der Waals surface area (Å²) in [6, 6.07) is 1.69. The highest BCUT2D eigenvalue weighted by Crippen LogP contribution is 2.20. The van der Waals surface area contributed by atoms with E-state index in [4.69, 9.17) is 19.7 Å². The Balaban J connectivity index is 1.89. The Hall–Kier alpha value is -3.17. The third-order valence-electron chi connectivity index (χ3n) is 3.11. The van der Waals surface area contributed by atoms with Gasteiger partial charge in [-0.15, -0.1) is 0 Å². The largest absolute Gasteiger partial charge is 0.464 e. The summed E-state index contributed by atoms with van der Waals surface area (Å²) in [5.41, 5.74) is 6.94. The standard InChI is InChI=1S/C14H16N6O4/c1-3-22-13(21)9-5-8(24-19-9)6-20-7-16-10-11(15)17-14(23-4-2)18-12(10)20/h5,7H,3-4,6H2,1-2H3,(H2,15,17,18). The van der Waals surface area contributed by atoms with Crippen LogP contribution < -0.4 is 10.5 Å². The number of nitrogens with two attached hydrogens (primary N) is 1. The molecule has 10 nitrogen and oxygen atoms in total. The molecule has 0 bridgehead atoms. The Bertz CT molecular complexity index is 871. The number of carbonyl (C=O) groups is 1. The zero-order chi connectivity index (χ0) is 17.1. The Morgan fingerprint density at radius 1 is 1.33 bits per heavy atom. The molecule has 0 atom stereocenters. The summed E-state index contributed by atoms with van der Waals surface area (Å²) in [6.45, 7) is 4.50. The number of carbonyl (C=O) groups excluding carboxylic acids is 1. The second-order valence-corrected chi connectivity index (χ2v) is 4.77. The number of fused-ring (bicyclic) bond motifs is 1. The molecule has 3 aromatic heterocycles. The Kier molecular flexibility index (Phi) is 4.27. The number of aromatic nitrogens is 5. The minimum atomic E-state index is -0.534. The Labute approximate surface area is 136 Å². The van der Waals surface area contributed by atoms with E-state index in [-0.39, 0.29) is 30.7 Å². The van der Waals surface area contributed by atoms with Crippen molar-refractivity contribution in [2.24, 2.45) is 0 Å². The smallest absolute Gasteiger partial charge is 0.360 e. The van der Waals surface area contributed by atoms with Crippen molar-refractivity contribution >= 4 is 23.0 Å². The number of anilines is 1. The lowest BCUT2D eigenvalue weighted by Crippen LogP contribution is -2.05. The van der Waals surface area contributed by atoms with Gasteiger partial charge in [0.25, 0.3) is 0 Å². The van der Waals surface area contributed by atoms with E-state index < -0.39 is 5.97 Å². The van der Waals surface area contributed by atoms with Crippen LogP contribution in [0, 0.1) is 0 Å². The highest BCUT2D eigenvalue weighted by Gasteiger charge is 2.16. The normalized spacial score (nSPS) is 10.9. The van der Waals surface area contributed by atoms with Gasteiger partial charge in [0.15, 0.2) is 28.4 Å². The van der Waals surface area contributed by atoms with Crippen molar-refractivity contribution in [2.75, 3.05) is 18.9 Å². The summed E-state index contributed by atoms with van der Waals surface area (Å²) in [5.74, 6) is 0.146. The molecule has 0 unspecified atom stereocenters. The fourth-order valence-corrected chi connectivity index (χ4v) is 2.11. The average Bonchev–Trinajstić information content (AvgIpc) is 3.16. The zero-order valence-corrected chi connectivity index (χ0v) is 13.2. The molecule has 10 heteroatoms. The van der Waals surface area contributed by atoms with Crippen molar-refractivity contribution in [1.82, 2.24) is 24.7 Å². The van der Waals surface area contributed by atoms with Crippen LogP contribution in [0.1, 0.15) is 30.1 Å². The molecule has 0 aliphatic carbocycles. The van der Waals surface area contributed by atoms with Crippen LogP contribution >= 0.6 is 0 Å². The molecular weight excluding hydrogens is 316 g/mol. The molecule has 0 saturated carbocycles. The molecule has 3 heterocycles. The van der Waals surface area contributed by atoms with Crippen LogP contribution in [-0.4, -0.2) is 43.9 Å². The van der Waals surface area contributed by atoms with E-state index >= 15 is 0 Å². The second kappa shape index (κ2) is 6.52. The van der Waals surface area contributed by atoms with Crippen molar-refractivity contribution in [3.05, 3.63) is 23.8 Å². The van der Waals surface area contributed by atoms with Gasteiger partial charge in [-0.1, -0.05) is 5.16 Å². The third kappa shape index (κ3) is 2.98. The number of imidazole rings is 1. The maximum Gasteiger partial charge on any atom is 0.360 e. The fraction of sp³-hybridized carbons (Fsp3) is 0.357. The maximum atomic E-state index is 11.6. The SMILES string of the molecule is CCOC(=O)c1cc(Cn2cnc3c(N)nc(OCC)nc32)on1. The van der Waals surface area contributed by atoms with Crippen molar-refractivity contribution in [1.29, 1.82) is 0 Å². The van der Waals surface area contributed by atoms with Crippen LogP contribution in [-0.2, 0) is 11.3 Å². The monoisotopic (exact) mass is 332 g/mol. The fourth-order valence-electron chi connectivity index (χ4n) is 2.11. The first-order valence-electron chi connectivity index (χ1n) is 7.36. The summed E-state index contributed by atoms with van der Waals surface area (Å²) in [4.78, 5) is 24.1. The maximum absolute atomic E-state index is 11.6. The summed E-state index contributed by atoms with van der Waals surface area (Å²) < 4.78 is 17.0. The quantitative estimate of drug-likeness (QED) is 0.657. The van der Waals surface area contributed by atoms with E-state index in [1.54, 1.807) is 17.8 Å². The summed E-state index contributed by atoms with van der Waals surface area (Å²) in [5, 5.41) is 3.69. The third-order valence-corrected chi connectivity index (χ3v) is 3.11. The number of nitrogens with zero attached hydrogens (tertiary/aromatic N) is 5. The zero-order valence-electron chi connectivity index (χ0n) is 13.2. The topological polar surface area (TPSA) is 131 Å². The number of esters is 1. The number of hydrogen-bond acceptors (Lipinski definition) is 9. The molecule has 0 radical (unpaired) electrons. The molecule has 126 valence electrons. The van der Waals surface area contributed by atoms with Gasteiger partial charge in [-0.05, 0) is 13.8 Å². The van der Waals surface area contributed by atoms with Gasteiger partial charge in [0, 0.05) is 6.07 Å². The van der Waals surface area contributed by atoms with Crippen LogP contribution in [0.15, 0.2) is 16.9 Å². The lowest BCUT2D eigenvalue weighted by Gasteiger charge is -2.04. The number of nitrogen functional groups attached to an aromatic ring is 1.